The quantitative estimate of drug-likeness (QED) is 0.206. The number of hydrogen-bond donors (Lipinski definition) is 0. The van der Waals surface area contributed by atoms with Crippen molar-refractivity contribution in [3.8, 4) is 39.5 Å². The molecule has 184 valence electrons. The van der Waals surface area contributed by atoms with Gasteiger partial charge in [-0.3, -0.25) is 4.79 Å². The molecule has 0 spiro atoms. The Kier molecular flexibility index (Phi) is 8.17. The number of carbonyl (C=O) groups is 3. The van der Waals surface area contributed by atoms with Crippen molar-refractivity contribution < 1.29 is 33.0 Å². The van der Waals surface area contributed by atoms with E-state index in [2.05, 4.69) is 13.2 Å². The predicted octanol–water partition coefficient (Wildman–Crippen LogP) is 6.44. The van der Waals surface area contributed by atoms with E-state index in [0.717, 1.165) is 11.1 Å². The molecule has 0 saturated carbocycles. The van der Waals surface area contributed by atoms with Crippen LogP contribution in [-0.2, 0) is 14.4 Å². The smallest absolute Gasteiger partial charge is 0.338 e. The fourth-order valence-corrected chi connectivity index (χ4v) is 3.07. The highest BCUT2D eigenvalue weighted by molar-refractivity contribution is 5.89. The SMILES string of the molecule is C=C(C)C(=O)Oc1ccc(-c2ccc(-c3ccc(OC(=O)C(=C)C)c(F)c3)cc2)c(OC(=O)CC)c1. The zero-order valence-electron chi connectivity index (χ0n) is 20.2. The average Bonchev–Trinajstić information content (AvgIpc) is 2.85. The van der Waals surface area contributed by atoms with Gasteiger partial charge in [0.05, 0.1) is 0 Å². The monoisotopic (exact) mass is 488 g/mol. The Morgan fingerprint density at radius 2 is 1.31 bits per heavy atom. The Labute approximate surface area is 208 Å². The molecule has 0 aromatic heterocycles. The molecule has 0 aliphatic heterocycles. The summed E-state index contributed by atoms with van der Waals surface area (Å²) in [5.74, 6) is -2.16. The summed E-state index contributed by atoms with van der Waals surface area (Å²) in [7, 11) is 0. The Balaban J connectivity index is 1.90. The molecule has 0 aliphatic rings. The molecular formula is C29H25FO6. The first-order chi connectivity index (χ1) is 17.1. The summed E-state index contributed by atoms with van der Waals surface area (Å²) in [4.78, 5) is 35.5. The van der Waals surface area contributed by atoms with Gasteiger partial charge in [0.1, 0.15) is 11.5 Å². The van der Waals surface area contributed by atoms with Crippen LogP contribution in [0, 0.1) is 5.82 Å². The second-order valence-electron chi connectivity index (χ2n) is 8.05. The molecule has 0 fully saturated rings. The molecule has 0 radical (unpaired) electrons. The molecule has 0 unspecified atom stereocenters. The standard InChI is InChI=1S/C29H25FO6/c1-6-27(31)35-26-16-22(34-28(32)17(2)3)12-13-23(26)20-9-7-19(8-10-20)21-11-14-25(24(30)15-21)36-29(33)18(4)5/h7-16H,2,4,6H2,1,3,5H3. The number of benzene rings is 3. The third kappa shape index (κ3) is 6.33. The minimum atomic E-state index is -0.703. The van der Waals surface area contributed by atoms with Crippen molar-refractivity contribution in [3.05, 3.63) is 90.8 Å². The fourth-order valence-electron chi connectivity index (χ4n) is 3.07. The summed E-state index contributed by atoms with van der Waals surface area (Å²) < 4.78 is 30.2. The van der Waals surface area contributed by atoms with Crippen LogP contribution in [0.25, 0.3) is 22.3 Å². The first-order valence-corrected chi connectivity index (χ1v) is 11.1. The minimum Gasteiger partial charge on any atom is -0.426 e. The lowest BCUT2D eigenvalue weighted by Gasteiger charge is -2.13. The first-order valence-electron chi connectivity index (χ1n) is 11.1. The molecule has 3 rings (SSSR count). The van der Waals surface area contributed by atoms with Crippen molar-refractivity contribution in [2.75, 3.05) is 0 Å². The van der Waals surface area contributed by atoms with Gasteiger partial charge in [-0.25, -0.2) is 14.0 Å². The van der Waals surface area contributed by atoms with Gasteiger partial charge in [0, 0.05) is 29.2 Å². The summed E-state index contributed by atoms with van der Waals surface area (Å²) in [6, 6.07) is 16.2. The van der Waals surface area contributed by atoms with E-state index in [9.17, 15) is 18.8 Å². The first kappa shape index (κ1) is 26.1. The van der Waals surface area contributed by atoms with Crippen LogP contribution < -0.4 is 14.2 Å². The topological polar surface area (TPSA) is 78.9 Å². The van der Waals surface area contributed by atoms with Crippen LogP contribution in [0.2, 0.25) is 0 Å². The van der Waals surface area contributed by atoms with E-state index in [0.29, 0.717) is 11.1 Å². The molecule has 0 bridgehead atoms. The molecule has 36 heavy (non-hydrogen) atoms. The molecule has 6 nitrogen and oxygen atoms in total. The van der Waals surface area contributed by atoms with Crippen LogP contribution in [-0.4, -0.2) is 17.9 Å². The molecule has 0 heterocycles. The lowest BCUT2D eigenvalue weighted by Crippen LogP contribution is -2.10. The summed E-state index contributed by atoms with van der Waals surface area (Å²) in [6.07, 6.45) is 0.164. The Bertz CT molecular complexity index is 1350. The number of ether oxygens (including phenoxy) is 3. The predicted molar refractivity (Wildman–Crippen MR) is 134 cm³/mol. The molecular weight excluding hydrogens is 463 g/mol. The highest BCUT2D eigenvalue weighted by Gasteiger charge is 2.15. The van der Waals surface area contributed by atoms with Crippen LogP contribution in [0.1, 0.15) is 27.2 Å². The highest BCUT2D eigenvalue weighted by Crippen LogP contribution is 2.35. The maximum absolute atomic E-state index is 14.5. The molecule has 0 atom stereocenters. The third-order valence-corrected chi connectivity index (χ3v) is 5.04. The largest absolute Gasteiger partial charge is 0.426 e. The van der Waals surface area contributed by atoms with Gasteiger partial charge >= 0.3 is 17.9 Å². The number of carbonyl (C=O) groups excluding carboxylic acids is 3. The molecule has 0 amide bonds. The van der Waals surface area contributed by atoms with Gasteiger partial charge in [-0.1, -0.05) is 50.4 Å². The van der Waals surface area contributed by atoms with E-state index in [4.69, 9.17) is 14.2 Å². The number of esters is 3. The van der Waals surface area contributed by atoms with Gasteiger partial charge in [-0.15, -0.1) is 0 Å². The average molecular weight is 489 g/mol. The Hall–Kier alpha value is -4.52. The van der Waals surface area contributed by atoms with Gasteiger partial charge in [-0.2, -0.15) is 0 Å². The summed E-state index contributed by atoms with van der Waals surface area (Å²) in [6.45, 7) is 11.7. The van der Waals surface area contributed by atoms with Crippen LogP contribution in [0.15, 0.2) is 85.0 Å². The summed E-state index contributed by atoms with van der Waals surface area (Å²) in [5, 5.41) is 0. The lowest BCUT2D eigenvalue weighted by atomic mass is 9.99. The fraction of sp³-hybridized carbons (Fsp3) is 0.138. The van der Waals surface area contributed by atoms with Crippen molar-refractivity contribution in [3.63, 3.8) is 0 Å². The Morgan fingerprint density at radius 1 is 0.722 bits per heavy atom. The normalized spacial score (nSPS) is 10.3. The number of hydrogen-bond acceptors (Lipinski definition) is 6. The molecule has 0 saturated heterocycles. The number of halogens is 1. The van der Waals surface area contributed by atoms with Gasteiger partial charge in [0.15, 0.2) is 11.6 Å². The van der Waals surface area contributed by atoms with Gasteiger partial charge < -0.3 is 14.2 Å². The molecule has 3 aromatic rings. The van der Waals surface area contributed by atoms with E-state index in [1.165, 1.54) is 32.0 Å². The molecule has 7 heteroatoms. The zero-order valence-corrected chi connectivity index (χ0v) is 20.2. The highest BCUT2D eigenvalue weighted by atomic mass is 19.1. The lowest BCUT2D eigenvalue weighted by molar-refractivity contribution is -0.134. The van der Waals surface area contributed by atoms with Crippen LogP contribution in [0.3, 0.4) is 0 Å². The second-order valence-corrected chi connectivity index (χ2v) is 8.05. The molecule has 3 aromatic carbocycles. The minimum absolute atomic E-state index is 0.164. The maximum atomic E-state index is 14.5. The second kappa shape index (κ2) is 11.3. The van der Waals surface area contributed by atoms with Crippen molar-refractivity contribution in [2.45, 2.75) is 27.2 Å². The maximum Gasteiger partial charge on any atom is 0.338 e. The molecule has 0 N–H and O–H groups in total. The van der Waals surface area contributed by atoms with Gasteiger partial charge in [0.25, 0.3) is 0 Å². The summed E-state index contributed by atoms with van der Waals surface area (Å²) in [5.41, 5.74) is 3.03. The van der Waals surface area contributed by atoms with Crippen molar-refractivity contribution >= 4 is 17.9 Å². The summed E-state index contributed by atoms with van der Waals surface area (Å²) >= 11 is 0. The van der Waals surface area contributed by atoms with Crippen LogP contribution >= 0.6 is 0 Å². The van der Waals surface area contributed by atoms with Crippen molar-refractivity contribution in [1.29, 1.82) is 0 Å². The van der Waals surface area contributed by atoms with Crippen molar-refractivity contribution in [2.24, 2.45) is 0 Å². The van der Waals surface area contributed by atoms with E-state index >= 15 is 0 Å². The number of rotatable bonds is 8. The third-order valence-electron chi connectivity index (χ3n) is 5.04. The van der Waals surface area contributed by atoms with Crippen LogP contribution in [0.5, 0.6) is 17.2 Å². The van der Waals surface area contributed by atoms with E-state index < -0.39 is 23.7 Å². The zero-order chi connectivity index (χ0) is 26.4. The van der Waals surface area contributed by atoms with E-state index in [1.807, 2.05) is 0 Å². The van der Waals surface area contributed by atoms with E-state index in [1.54, 1.807) is 49.4 Å². The van der Waals surface area contributed by atoms with Crippen LogP contribution in [0.4, 0.5) is 4.39 Å². The van der Waals surface area contributed by atoms with E-state index in [-0.39, 0.29) is 34.8 Å². The Morgan fingerprint density at radius 3 is 1.89 bits per heavy atom. The van der Waals surface area contributed by atoms with Crippen molar-refractivity contribution in [1.82, 2.24) is 0 Å². The van der Waals surface area contributed by atoms with Gasteiger partial charge in [0.2, 0.25) is 0 Å². The van der Waals surface area contributed by atoms with Gasteiger partial charge in [-0.05, 0) is 54.8 Å². The molecule has 0 aliphatic carbocycles.